The zero-order valence-corrected chi connectivity index (χ0v) is 11.6. The van der Waals surface area contributed by atoms with E-state index in [1.54, 1.807) is 6.07 Å². The molecule has 5 nitrogen and oxygen atoms in total. The van der Waals surface area contributed by atoms with Crippen LogP contribution < -0.4 is 5.32 Å². The summed E-state index contributed by atoms with van der Waals surface area (Å²) in [5.41, 5.74) is 1.76. The molecule has 0 unspecified atom stereocenters. The molecule has 1 aliphatic carbocycles. The summed E-state index contributed by atoms with van der Waals surface area (Å²) in [6.07, 6.45) is 2.65. The Bertz CT molecular complexity index is 458. The second-order valence-electron chi connectivity index (χ2n) is 5.28. The van der Waals surface area contributed by atoms with E-state index in [2.05, 4.69) is 17.3 Å². The van der Waals surface area contributed by atoms with Crippen LogP contribution in [0.25, 0.3) is 0 Å². The van der Waals surface area contributed by atoms with Gasteiger partial charge < -0.3 is 10.2 Å². The summed E-state index contributed by atoms with van der Waals surface area (Å²) in [7, 11) is 2.07. The molecular formula is C14H21N3O2. The van der Waals surface area contributed by atoms with E-state index in [1.165, 1.54) is 12.8 Å². The Balaban J connectivity index is 2.07. The molecule has 2 rings (SSSR count). The molecule has 5 heteroatoms. The highest BCUT2D eigenvalue weighted by Crippen LogP contribution is 2.30. The first-order chi connectivity index (χ1) is 9.10. The summed E-state index contributed by atoms with van der Waals surface area (Å²) in [4.78, 5) is 13.0. The summed E-state index contributed by atoms with van der Waals surface area (Å²) < 4.78 is 0. The number of nitro benzene ring substituents is 1. The van der Waals surface area contributed by atoms with E-state index in [-0.39, 0.29) is 10.6 Å². The van der Waals surface area contributed by atoms with Gasteiger partial charge in [0.2, 0.25) is 0 Å². The molecule has 1 fully saturated rings. The molecule has 19 heavy (non-hydrogen) atoms. The minimum absolute atomic E-state index is 0.166. The predicted octanol–water partition coefficient (Wildman–Crippen LogP) is 2.87. The van der Waals surface area contributed by atoms with Gasteiger partial charge in [0.25, 0.3) is 5.69 Å². The fourth-order valence-corrected chi connectivity index (χ4v) is 2.28. The molecule has 104 valence electrons. The van der Waals surface area contributed by atoms with Gasteiger partial charge in [-0.2, -0.15) is 0 Å². The van der Waals surface area contributed by atoms with Crippen LogP contribution in [0, 0.1) is 16.0 Å². The molecule has 0 heterocycles. The van der Waals surface area contributed by atoms with Crippen molar-refractivity contribution in [2.24, 2.45) is 5.92 Å². The molecule has 0 amide bonds. The Morgan fingerprint density at radius 3 is 2.79 bits per heavy atom. The fraction of sp³-hybridized carbons (Fsp3) is 0.571. The van der Waals surface area contributed by atoms with Crippen molar-refractivity contribution in [3.8, 4) is 0 Å². The summed E-state index contributed by atoms with van der Waals surface area (Å²) in [6, 6.07) is 5.46. The van der Waals surface area contributed by atoms with Gasteiger partial charge in [-0.3, -0.25) is 10.1 Å². The van der Waals surface area contributed by atoms with Crippen molar-refractivity contribution in [1.82, 2.24) is 4.90 Å². The van der Waals surface area contributed by atoms with Crippen molar-refractivity contribution in [1.29, 1.82) is 0 Å². The van der Waals surface area contributed by atoms with Crippen molar-refractivity contribution in [2.75, 3.05) is 25.5 Å². The highest BCUT2D eigenvalue weighted by Gasteiger charge is 2.23. The van der Waals surface area contributed by atoms with Crippen molar-refractivity contribution < 1.29 is 4.92 Å². The van der Waals surface area contributed by atoms with Crippen molar-refractivity contribution >= 4 is 11.4 Å². The summed E-state index contributed by atoms with van der Waals surface area (Å²) in [5.74, 6) is 0.834. The van der Waals surface area contributed by atoms with E-state index in [4.69, 9.17) is 0 Å². The molecule has 0 aliphatic heterocycles. The maximum atomic E-state index is 11.1. The molecule has 0 saturated heterocycles. The number of anilines is 1. The van der Waals surface area contributed by atoms with Crippen molar-refractivity contribution in [2.45, 2.75) is 26.3 Å². The van der Waals surface area contributed by atoms with Gasteiger partial charge in [0.15, 0.2) is 0 Å². The summed E-state index contributed by atoms with van der Waals surface area (Å²) in [5, 5.41) is 14.1. The van der Waals surface area contributed by atoms with Gasteiger partial charge in [-0.15, -0.1) is 0 Å². The number of nitrogens with one attached hydrogen (secondary N) is 1. The van der Waals surface area contributed by atoms with Crippen LogP contribution in [0.3, 0.4) is 0 Å². The average Bonchev–Trinajstić information content (AvgIpc) is 3.15. The van der Waals surface area contributed by atoms with Crippen molar-refractivity contribution in [3.63, 3.8) is 0 Å². The van der Waals surface area contributed by atoms with Crippen LogP contribution in [0.2, 0.25) is 0 Å². The van der Waals surface area contributed by atoms with E-state index in [0.717, 1.165) is 24.6 Å². The number of hydrogen-bond donors (Lipinski definition) is 1. The maximum absolute atomic E-state index is 11.1. The monoisotopic (exact) mass is 263 g/mol. The number of benzene rings is 1. The molecule has 1 aromatic rings. The molecule has 0 bridgehead atoms. The molecule has 1 aliphatic rings. The van der Waals surface area contributed by atoms with Gasteiger partial charge in [-0.25, -0.2) is 0 Å². The topological polar surface area (TPSA) is 58.4 Å². The van der Waals surface area contributed by atoms with Gasteiger partial charge in [-0.05, 0) is 44.4 Å². The third kappa shape index (κ3) is 3.92. The fourth-order valence-electron chi connectivity index (χ4n) is 2.28. The minimum atomic E-state index is -0.317. The lowest BCUT2D eigenvalue weighted by atomic mass is 10.1. The lowest BCUT2D eigenvalue weighted by Crippen LogP contribution is -2.20. The molecule has 1 aromatic carbocycles. The third-order valence-corrected chi connectivity index (χ3v) is 3.35. The molecule has 1 saturated carbocycles. The summed E-state index contributed by atoms with van der Waals surface area (Å²) >= 11 is 0. The second-order valence-corrected chi connectivity index (χ2v) is 5.28. The van der Waals surface area contributed by atoms with Crippen LogP contribution in [-0.2, 0) is 6.54 Å². The van der Waals surface area contributed by atoms with Crippen molar-refractivity contribution in [3.05, 3.63) is 33.9 Å². The molecule has 0 spiro atoms. The van der Waals surface area contributed by atoms with E-state index in [0.29, 0.717) is 12.2 Å². The number of rotatable bonds is 7. The van der Waals surface area contributed by atoms with Gasteiger partial charge in [-0.1, -0.05) is 6.07 Å². The highest BCUT2D eigenvalue weighted by atomic mass is 16.6. The van der Waals surface area contributed by atoms with E-state index in [9.17, 15) is 10.1 Å². The van der Waals surface area contributed by atoms with Crippen LogP contribution in [0.5, 0.6) is 0 Å². The molecule has 0 aromatic heterocycles. The molecular weight excluding hydrogens is 242 g/mol. The van der Waals surface area contributed by atoms with E-state index < -0.39 is 0 Å². The average molecular weight is 263 g/mol. The largest absolute Gasteiger partial charge is 0.380 e. The SMILES string of the molecule is CCNc1ccc(CN(C)CC2CC2)cc1[N+](=O)[O-]. The Hall–Kier alpha value is -1.62. The Morgan fingerprint density at radius 2 is 2.21 bits per heavy atom. The lowest BCUT2D eigenvalue weighted by molar-refractivity contribution is -0.384. The lowest BCUT2D eigenvalue weighted by Gasteiger charge is -2.16. The standard InChI is InChI=1S/C14H21N3O2/c1-3-15-13-7-6-12(8-14(13)17(18)19)10-16(2)9-11-4-5-11/h6-8,11,15H,3-5,9-10H2,1-2H3. The smallest absolute Gasteiger partial charge is 0.292 e. The van der Waals surface area contributed by atoms with Crippen LogP contribution in [0.1, 0.15) is 25.3 Å². The third-order valence-electron chi connectivity index (χ3n) is 3.35. The van der Waals surface area contributed by atoms with Crippen LogP contribution in [0.4, 0.5) is 11.4 Å². The van der Waals surface area contributed by atoms with E-state index in [1.807, 2.05) is 19.1 Å². The van der Waals surface area contributed by atoms with Crippen LogP contribution >= 0.6 is 0 Å². The maximum Gasteiger partial charge on any atom is 0.292 e. The Kier molecular flexibility index (Phi) is 4.37. The first kappa shape index (κ1) is 13.8. The summed E-state index contributed by atoms with van der Waals surface area (Å²) in [6.45, 7) is 4.47. The molecule has 0 radical (unpaired) electrons. The first-order valence-electron chi connectivity index (χ1n) is 6.80. The predicted molar refractivity (Wildman–Crippen MR) is 76.3 cm³/mol. The molecule has 0 atom stereocenters. The number of nitrogens with zero attached hydrogens (tertiary/aromatic N) is 2. The quantitative estimate of drug-likeness (QED) is 0.607. The Labute approximate surface area is 113 Å². The molecule has 1 N–H and O–H groups in total. The number of nitro groups is 1. The highest BCUT2D eigenvalue weighted by molar-refractivity contribution is 5.62. The van der Waals surface area contributed by atoms with E-state index >= 15 is 0 Å². The van der Waals surface area contributed by atoms with Gasteiger partial charge in [0, 0.05) is 25.7 Å². The Morgan fingerprint density at radius 1 is 1.47 bits per heavy atom. The number of hydrogen-bond acceptors (Lipinski definition) is 4. The van der Waals surface area contributed by atoms with Gasteiger partial charge in [0.05, 0.1) is 4.92 Å². The van der Waals surface area contributed by atoms with Crippen LogP contribution in [0.15, 0.2) is 18.2 Å². The van der Waals surface area contributed by atoms with Gasteiger partial charge in [0.1, 0.15) is 5.69 Å². The minimum Gasteiger partial charge on any atom is -0.380 e. The normalized spacial score (nSPS) is 14.7. The first-order valence-corrected chi connectivity index (χ1v) is 6.80. The van der Waals surface area contributed by atoms with Crippen LogP contribution in [-0.4, -0.2) is 30.0 Å². The zero-order valence-electron chi connectivity index (χ0n) is 11.6. The second kappa shape index (κ2) is 6.02. The zero-order chi connectivity index (χ0) is 13.8. The van der Waals surface area contributed by atoms with Gasteiger partial charge >= 0.3 is 0 Å².